The molecule has 1 aromatic carbocycles. The number of carbonyl (C=O) groups is 2. The average molecular weight is 568 g/mol. The van der Waals surface area contributed by atoms with Crippen molar-refractivity contribution < 1.29 is 9.59 Å². The van der Waals surface area contributed by atoms with Crippen LogP contribution in [-0.4, -0.2) is 52.6 Å². The number of hydrogen-bond donors (Lipinski definition) is 2. The molecule has 6 rings (SSSR count). The van der Waals surface area contributed by atoms with E-state index in [0.717, 1.165) is 30.4 Å². The summed E-state index contributed by atoms with van der Waals surface area (Å²) in [7, 11) is 0. The van der Waals surface area contributed by atoms with Crippen LogP contribution in [0.4, 0.5) is 11.6 Å². The number of benzene rings is 1. The molecule has 1 aliphatic rings. The number of piperidine rings is 1. The molecule has 12 heteroatoms. The first-order valence-corrected chi connectivity index (χ1v) is 13.5. The van der Waals surface area contributed by atoms with E-state index < -0.39 is 0 Å². The second-order valence-corrected chi connectivity index (χ2v) is 10.2. The van der Waals surface area contributed by atoms with Gasteiger partial charge in [0.25, 0.3) is 11.8 Å². The lowest BCUT2D eigenvalue weighted by atomic mass is 10.0. The van der Waals surface area contributed by atoms with Crippen molar-refractivity contribution in [1.29, 1.82) is 0 Å². The molecule has 1 saturated heterocycles. The lowest BCUT2D eigenvalue weighted by Gasteiger charge is -2.34. The van der Waals surface area contributed by atoms with Gasteiger partial charge in [0.1, 0.15) is 34.4 Å². The molecule has 0 saturated carbocycles. The number of anilines is 2. The largest absolute Gasteiger partial charge is 0.382 e. The number of aryl methyl sites for hydroxylation is 1. The van der Waals surface area contributed by atoms with Gasteiger partial charge in [0.2, 0.25) is 5.28 Å². The van der Waals surface area contributed by atoms with Crippen LogP contribution in [0.5, 0.6) is 0 Å². The van der Waals surface area contributed by atoms with Crippen LogP contribution in [0.3, 0.4) is 0 Å². The predicted octanol–water partition coefficient (Wildman–Crippen LogP) is 4.75. The van der Waals surface area contributed by atoms with Gasteiger partial charge in [-0.05, 0) is 73.7 Å². The molecule has 5 heterocycles. The second-order valence-electron chi connectivity index (χ2n) is 9.82. The summed E-state index contributed by atoms with van der Waals surface area (Å²) in [5.41, 5.74) is 10.1. The maximum atomic E-state index is 13.5. The van der Waals surface area contributed by atoms with Crippen molar-refractivity contribution >= 4 is 40.6 Å². The van der Waals surface area contributed by atoms with E-state index in [1.54, 1.807) is 47.8 Å². The van der Waals surface area contributed by atoms with Gasteiger partial charge in [-0.2, -0.15) is 0 Å². The van der Waals surface area contributed by atoms with Crippen molar-refractivity contribution in [3.8, 4) is 11.3 Å². The molecule has 41 heavy (non-hydrogen) atoms. The summed E-state index contributed by atoms with van der Waals surface area (Å²) in [5.74, 6) is 0.957. The number of fused-ring (bicyclic) bond motifs is 1. The van der Waals surface area contributed by atoms with Gasteiger partial charge in [-0.1, -0.05) is 12.1 Å². The SMILES string of the molecule is Cc1ccnc(NC(=O)c2ccc(-c3nc(C4CCCCN4C(=O)c4ccnc(Cl)n4)n4ccnc(N)c34)cc2)c1. The van der Waals surface area contributed by atoms with E-state index in [-0.39, 0.29) is 28.8 Å². The molecule has 3 N–H and O–H groups in total. The van der Waals surface area contributed by atoms with Crippen molar-refractivity contribution in [1.82, 2.24) is 34.2 Å². The zero-order valence-electron chi connectivity index (χ0n) is 22.2. The Morgan fingerprint density at radius 2 is 1.80 bits per heavy atom. The number of rotatable bonds is 5. The standard InChI is InChI=1S/C29H26ClN9O2/c1-17-9-11-32-22(16-17)36-27(40)19-7-5-18(6-8-19)23-24-25(31)33-13-15-39(24)26(37-23)21-4-2-3-14-38(21)28(41)20-10-12-34-29(30)35-20/h5-13,15-16,21H,2-4,14H2,1H3,(H2,31,33)(H,32,36,40). The van der Waals surface area contributed by atoms with E-state index in [9.17, 15) is 9.59 Å². The Hall–Kier alpha value is -4.90. The second kappa shape index (κ2) is 10.9. The Morgan fingerprint density at radius 3 is 2.59 bits per heavy atom. The van der Waals surface area contributed by atoms with Gasteiger partial charge in [0.05, 0.1) is 6.04 Å². The molecule has 1 aliphatic heterocycles. The van der Waals surface area contributed by atoms with Gasteiger partial charge in [-0.3, -0.25) is 14.0 Å². The number of halogens is 1. The van der Waals surface area contributed by atoms with Crippen molar-refractivity contribution in [2.45, 2.75) is 32.2 Å². The van der Waals surface area contributed by atoms with Gasteiger partial charge < -0.3 is 16.0 Å². The highest BCUT2D eigenvalue weighted by Gasteiger charge is 2.33. The normalized spacial score (nSPS) is 15.2. The van der Waals surface area contributed by atoms with Gasteiger partial charge >= 0.3 is 0 Å². The number of carbonyl (C=O) groups excluding carboxylic acids is 2. The van der Waals surface area contributed by atoms with Crippen molar-refractivity contribution in [2.24, 2.45) is 0 Å². The molecule has 206 valence electrons. The molecule has 0 radical (unpaired) electrons. The number of nitrogens with two attached hydrogens (primary N) is 1. The van der Waals surface area contributed by atoms with Crippen molar-refractivity contribution in [3.63, 3.8) is 0 Å². The van der Waals surface area contributed by atoms with Crippen LogP contribution in [0, 0.1) is 6.92 Å². The molecule has 0 aliphatic carbocycles. The smallest absolute Gasteiger partial charge is 0.273 e. The minimum atomic E-state index is -0.320. The summed E-state index contributed by atoms with van der Waals surface area (Å²) in [6, 6.07) is 12.0. The lowest BCUT2D eigenvalue weighted by molar-refractivity contribution is 0.0593. The molecule has 0 spiro atoms. The molecule has 4 aromatic heterocycles. The van der Waals surface area contributed by atoms with Crippen LogP contribution in [0.2, 0.25) is 5.28 Å². The number of nitrogens with zero attached hydrogens (tertiary/aromatic N) is 7. The summed E-state index contributed by atoms with van der Waals surface area (Å²) < 4.78 is 1.89. The molecule has 1 atom stereocenters. The van der Waals surface area contributed by atoms with Crippen LogP contribution < -0.4 is 11.1 Å². The highest BCUT2D eigenvalue weighted by Crippen LogP contribution is 2.36. The number of likely N-dealkylation sites (tertiary alicyclic amines) is 1. The topological polar surface area (TPSA) is 144 Å². The molecule has 0 bridgehead atoms. The van der Waals surface area contributed by atoms with E-state index in [1.807, 2.05) is 29.5 Å². The zero-order chi connectivity index (χ0) is 28.5. The number of pyridine rings is 1. The summed E-state index contributed by atoms with van der Waals surface area (Å²) in [6.45, 7) is 2.49. The fourth-order valence-electron chi connectivity index (χ4n) is 5.14. The molecule has 11 nitrogen and oxygen atoms in total. The Labute approximate surface area is 240 Å². The Kier molecular flexibility index (Phi) is 7.02. The first-order valence-electron chi connectivity index (χ1n) is 13.2. The van der Waals surface area contributed by atoms with E-state index in [0.29, 0.717) is 40.8 Å². The number of amides is 2. The predicted molar refractivity (Wildman–Crippen MR) is 154 cm³/mol. The molecule has 1 fully saturated rings. The minimum absolute atomic E-state index is 0.0177. The first kappa shape index (κ1) is 26.3. The maximum absolute atomic E-state index is 13.5. The molecule has 2 amide bonds. The Balaban J connectivity index is 1.35. The van der Waals surface area contributed by atoms with E-state index in [2.05, 4.69) is 25.3 Å². The summed E-state index contributed by atoms with van der Waals surface area (Å²) >= 11 is 5.97. The van der Waals surface area contributed by atoms with E-state index in [1.165, 1.54) is 6.20 Å². The fraction of sp³-hybridized carbons (Fsp3) is 0.207. The third-order valence-corrected chi connectivity index (χ3v) is 7.28. The third-order valence-electron chi connectivity index (χ3n) is 7.09. The lowest BCUT2D eigenvalue weighted by Crippen LogP contribution is -2.39. The number of aromatic nitrogens is 6. The third kappa shape index (κ3) is 5.19. The highest BCUT2D eigenvalue weighted by molar-refractivity contribution is 6.28. The maximum Gasteiger partial charge on any atom is 0.273 e. The number of imidazole rings is 1. The Morgan fingerprint density at radius 1 is 1.00 bits per heavy atom. The first-order chi connectivity index (χ1) is 19.9. The van der Waals surface area contributed by atoms with Crippen LogP contribution in [0.25, 0.3) is 16.8 Å². The minimum Gasteiger partial charge on any atom is -0.382 e. The van der Waals surface area contributed by atoms with E-state index >= 15 is 0 Å². The van der Waals surface area contributed by atoms with Gasteiger partial charge in [-0.15, -0.1) is 0 Å². The van der Waals surface area contributed by atoms with Crippen molar-refractivity contribution in [3.05, 3.63) is 95.2 Å². The van der Waals surface area contributed by atoms with Gasteiger partial charge in [0, 0.05) is 42.5 Å². The average Bonchev–Trinajstić information content (AvgIpc) is 3.38. The fourth-order valence-corrected chi connectivity index (χ4v) is 5.29. The summed E-state index contributed by atoms with van der Waals surface area (Å²) in [4.78, 5) is 49.7. The van der Waals surface area contributed by atoms with Crippen molar-refractivity contribution in [2.75, 3.05) is 17.6 Å². The quantitative estimate of drug-likeness (QED) is 0.290. The monoisotopic (exact) mass is 567 g/mol. The number of nitrogens with one attached hydrogen (secondary N) is 1. The van der Waals surface area contributed by atoms with Crippen LogP contribution in [0.1, 0.15) is 57.5 Å². The van der Waals surface area contributed by atoms with Crippen LogP contribution in [-0.2, 0) is 0 Å². The van der Waals surface area contributed by atoms with E-state index in [4.69, 9.17) is 22.3 Å². The van der Waals surface area contributed by atoms with Gasteiger partial charge in [0.15, 0.2) is 0 Å². The summed E-state index contributed by atoms with van der Waals surface area (Å²) in [5, 5.41) is 2.84. The van der Waals surface area contributed by atoms with Crippen LogP contribution in [0.15, 0.2) is 67.3 Å². The number of nitrogen functional groups attached to an aromatic ring is 1. The summed E-state index contributed by atoms with van der Waals surface area (Å²) in [6.07, 6.45) is 9.05. The molecule has 1 unspecified atom stereocenters. The Bertz CT molecular complexity index is 1770. The zero-order valence-corrected chi connectivity index (χ0v) is 22.9. The molecule has 5 aromatic rings. The molecular formula is C29H26ClN9O2. The number of hydrogen-bond acceptors (Lipinski definition) is 8. The molecular weight excluding hydrogens is 542 g/mol. The van der Waals surface area contributed by atoms with Crippen LogP contribution >= 0.6 is 11.6 Å². The van der Waals surface area contributed by atoms with Gasteiger partial charge in [-0.25, -0.2) is 24.9 Å². The highest BCUT2D eigenvalue weighted by atomic mass is 35.5.